The lowest BCUT2D eigenvalue weighted by Gasteiger charge is -2.06. The fourth-order valence-electron chi connectivity index (χ4n) is 1.18. The Balaban J connectivity index is 2.30. The van der Waals surface area contributed by atoms with Gasteiger partial charge in [0.2, 0.25) is 5.90 Å². The van der Waals surface area contributed by atoms with Gasteiger partial charge in [0, 0.05) is 6.54 Å². The van der Waals surface area contributed by atoms with Crippen LogP contribution in [-0.2, 0) is 16.1 Å². The fourth-order valence-corrected chi connectivity index (χ4v) is 1.18. The molecule has 1 aromatic carbocycles. The van der Waals surface area contributed by atoms with E-state index in [1.807, 2.05) is 37.3 Å². The van der Waals surface area contributed by atoms with Gasteiger partial charge in [-0.2, -0.15) is 0 Å². The molecule has 0 amide bonds. The van der Waals surface area contributed by atoms with Crippen molar-refractivity contribution in [2.75, 3.05) is 20.3 Å². The van der Waals surface area contributed by atoms with Gasteiger partial charge in [-0.05, 0) is 12.5 Å². The smallest absolute Gasteiger partial charge is 0.209 e. The SMILES string of the molecule is CCN=C(COCc1ccccc1)OC. The third kappa shape index (κ3) is 4.61. The van der Waals surface area contributed by atoms with E-state index in [1.54, 1.807) is 7.11 Å². The van der Waals surface area contributed by atoms with Crippen LogP contribution in [0, 0.1) is 0 Å². The van der Waals surface area contributed by atoms with E-state index in [2.05, 4.69) is 4.99 Å². The van der Waals surface area contributed by atoms with Gasteiger partial charge in [-0.15, -0.1) is 0 Å². The van der Waals surface area contributed by atoms with Crippen LogP contribution >= 0.6 is 0 Å². The Hall–Kier alpha value is -1.35. The summed E-state index contributed by atoms with van der Waals surface area (Å²) in [5.41, 5.74) is 1.16. The number of rotatable bonds is 5. The molecule has 0 aliphatic rings. The van der Waals surface area contributed by atoms with Gasteiger partial charge in [-0.3, -0.25) is 4.99 Å². The van der Waals surface area contributed by atoms with Crippen LogP contribution in [0.5, 0.6) is 0 Å². The first-order valence-corrected chi connectivity index (χ1v) is 5.05. The van der Waals surface area contributed by atoms with Crippen molar-refractivity contribution in [1.29, 1.82) is 0 Å². The van der Waals surface area contributed by atoms with Gasteiger partial charge >= 0.3 is 0 Å². The van der Waals surface area contributed by atoms with Crippen LogP contribution in [0.25, 0.3) is 0 Å². The molecule has 0 saturated heterocycles. The zero-order valence-electron chi connectivity index (χ0n) is 9.27. The number of benzene rings is 1. The molecule has 0 N–H and O–H groups in total. The van der Waals surface area contributed by atoms with Crippen molar-refractivity contribution in [2.24, 2.45) is 4.99 Å². The van der Waals surface area contributed by atoms with Crippen LogP contribution in [0.1, 0.15) is 12.5 Å². The summed E-state index contributed by atoms with van der Waals surface area (Å²) < 4.78 is 10.5. The van der Waals surface area contributed by atoms with E-state index in [0.29, 0.717) is 19.1 Å². The average Bonchev–Trinajstić information content (AvgIpc) is 2.29. The van der Waals surface area contributed by atoms with Gasteiger partial charge in [0.05, 0.1) is 13.7 Å². The minimum atomic E-state index is 0.430. The number of hydrogen-bond acceptors (Lipinski definition) is 3. The maximum atomic E-state index is 5.47. The Morgan fingerprint density at radius 2 is 2.00 bits per heavy atom. The fraction of sp³-hybridized carbons (Fsp3) is 0.417. The minimum Gasteiger partial charge on any atom is -0.483 e. The first-order chi connectivity index (χ1) is 7.36. The molecule has 15 heavy (non-hydrogen) atoms. The average molecular weight is 207 g/mol. The van der Waals surface area contributed by atoms with Crippen LogP contribution in [-0.4, -0.2) is 26.2 Å². The zero-order valence-corrected chi connectivity index (χ0v) is 9.27. The molecule has 0 heterocycles. The van der Waals surface area contributed by atoms with E-state index in [9.17, 15) is 0 Å². The second-order valence-electron chi connectivity index (χ2n) is 3.05. The molecule has 3 nitrogen and oxygen atoms in total. The molecular formula is C12H17NO2. The second-order valence-corrected chi connectivity index (χ2v) is 3.05. The van der Waals surface area contributed by atoms with Crippen molar-refractivity contribution in [3.8, 4) is 0 Å². The molecule has 0 aliphatic heterocycles. The maximum Gasteiger partial charge on any atom is 0.209 e. The minimum absolute atomic E-state index is 0.430. The molecule has 0 atom stereocenters. The molecule has 0 aromatic heterocycles. The third-order valence-electron chi connectivity index (χ3n) is 1.91. The molecule has 0 radical (unpaired) electrons. The van der Waals surface area contributed by atoms with E-state index in [-0.39, 0.29) is 0 Å². The first-order valence-electron chi connectivity index (χ1n) is 5.05. The Kier molecular flexibility index (Phi) is 5.48. The summed E-state index contributed by atoms with van der Waals surface area (Å²) >= 11 is 0. The molecule has 82 valence electrons. The van der Waals surface area contributed by atoms with Gasteiger partial charge < -0.3 is 9.47 Å². The molecule has 1 aromatic rings. The van der Waals surface area contributed by atoms with Gasteiger partial charge in [-0.1, -0.05) is 30.3 Å². The van der Waals surface area contributed by atoms with Crippen molar-refractivity contribution in [2.45, 2.75) is 13.5 Å². The predicted octanol–water partition coefficient (Wildman–Crippen LogP) is 2.27. The molecule has 0 fully saturated rings. The summed E-state index contributed by atoms with van der Waals surface area (Å²) in [5, 5.41) is 0. The van der Waals surface area contributed by atoms with Crippen LogP contribution < -0.4 is 0 Å². The Bertz CT molecular complexity index is 296. The lowest BCUT2D eigenvalue weighted by Crippen LogP contribution is -2.11. The summed E-state index contributed by atoms with van der Waals surface area (Å²) in [5.74, 6) is 0.647. The number of methoxy groups -OCH3 is 1. The van der Waals surface area contributed by atoms with Crippen LogP contribution in [0.15, 0.2) is 35.3 Å². The molecule has 0 saturated carbocycles. The topological polar surface area (TPSA) is 30.8 Å². The van der Waals surface area contributed by atoms with E-state index in [1.165, 1.54) is 0 Å². The molecule has 1 rings (SSSR count). The molecule has 0 unspecified atom stereocenters. The number of hydrogen-bond donors (Lipinski definition) is 0. The van der Waals surface area contributed by atoms with Crippen molar-refractivity contribution >= 4 is 5.90 Å². The molecule has 0 aliphatic carbocycles. The molecule has 0 bridgehead atoms. The van der Waals surface area contributed by atoms with Crippen molar-refractivity contribution < 1.29 is 9.47 Å². The first kappa shape index (κ1) is 11.7. The van der Waals surface area contributed by atoms with Crippen molar-refractivity contribution in [3.63, 3.8) is 0 Å². The molecular weight excluding hydrogens is 190 g/mol. The second kappa shape index (κ2) is 7.01. The maximum absolute atomic E-state index is 5.47. The van der Waals surface area contributed by atoms with Crippen molar-refractivity contribution in [1.82, 2.24) is 0 Å². The molecule has 0 spiro atoms. The summed E-state index contributed by atoms with van der Waals surface area (Å²) in [6.07, 6.45) is 0. The van der Waals surface area contributed by atoms with Gasteiger partial charge in [0.1, 0.15) is 6.61 Å². The predicted molar refractivity (Wildman–Crippen MR) is 61.1 cm³/mol. The monoisotopic (exact) mass is 207 g/mol. The van der Waals surface area contributed by atoms with Gasteiger partial charge in [-0.25, -0.2) is 0 Å². The summed E-state index contributed by atoms with van der Waals surface area (Å²) in [7, 11) is 1.61. The normalized spacial score (nSPS) is 11.5. The van der Waals surface area contributed by atoms with Crippen LogP contribution in [0.3, 0.4) is 0 Å². The highest BCUT2D eigenvalue weighted by Gasteiger charge is 1.98. The third-order valence-corrected chi connectivity index (χ3v) is 1.91. The van der Waals surface area contributed by atoms with E-state index >= 15 is 0 Å². The Labute approximate surface area is 90.7 Å². The quantitative estimate of drug-likeness (QED) is 0.547. The van der Waals surface area contributed by atoms with Crippen LogP contribution in [0.2, 0.25) is 0 Å². The summed E-state index contributed by atoms with van der Waals surface area (Å²) in [6, 6.07) is 10.0. The lowest BCUT2D eigenvalue weighted by molar-refractivity contribution is 0.143. The highest BCUT2D eigenvalue weighted by Crippen LogP contribution is 2.00. The number of aliphatic imine (C=N–C) groups is 1. The van der Waals surface area contributed by atoms with Gasteiger partial charge in [0.25, 0.3) is 0 Å². The Morgan fingerprint density at radius 1 is 1.27 bits per heavy atom. The lowest BCUT2D eigenvalue weighted by atomic mass is 10.2. The highest BCUT2D eigenvalue weighted by molar-refractivity contribution is 5.77. The van der Waals surface area contributed by atoms with Gasteiger partial charge in [0.15, 0.2) is 0 Å². The van der Waals surface area contributed by atoms with Crippen molar-refractivity contribution in [3.05, 3.63) is 35.9 Å². The van der Waals surface area contributed by atoms with Crippen LogP contribution in [0.4, 0.5) is 0 Å². The Morgan fingerprint density at radius 3 is 2.60 bits per heavy atom. The number of nitrogens with zero attached hydrogens (tertiary/aromatic N) is 1. The highest BCUT2D eigenvalue weighted by atomic mass is 16.5. The van der Waals surface area contributed by atoms with E-state index < -0.39 is 0 Å². The van der Waals surface area contributed by atoms with E-state index in [0.717, 1.165) is 12.1 Å². The number of ether oxygens (including phenoxy) is 2. The standard InChI is InChI=1S/C12H17NO2/c1-3-13-12(14-2)10-15-9-11-7-5-4-6-8-11/h4-8H,3,9-10H2,1-2H3. The summed E-state index contributed by atoms with van der Waals surface area (Å²) in [6.45, 7) is 3.71. The zero-order chi connectivity index (χ0) is 10.9. The molecule has 3 heteroatoms. The van der Waals surface area contributed by atoms with E-state index in [4.69, 9.17) is 9.47 Å². The largest absolute Gasteiger partial charge is 0.483 e. The summed E-state index contributed by atoms with van der Waals surface area (Å²) in [4.78, 5) is 4.14.